The molecule has 0 amide bonds. The zero-order valence-electron chi connectivity index (χ0n) is 9.65. The fourth-order valence-corrected chi connectivity index (χ4v) is 1.52. The number of allylic oxidation sites excluding steroid dienone is 1. The van der Waals surface area contributed by atoms with Gasteiger partial charge in [-0.05, 0) is 20.3 Å². The summed E-state index contributed by atoms with van der Waals surface area (Å²) in [6, 6.07) is 0. The Bertz CT molecular complexity index is 381. The molecule has 0 radical (unpaired) electrons. The van der Waals surface area contributed by atoms with Gasteiger partial charge < -0.3 is 14.6 Å². The highest BCUT2D eigenvalue weighted by Crippen LogP contribution is 2.27. The van der Waals surface area contributed by atoms with Crippen molar-refractivity contribution in [2.24, 2.45) is 5.92 Å². The van der Waals surface area contributed by atoms with Crippen LogP contribution in [0.3, 0.4) is 0 Å². The molecule has 0 saturated carbocycles. The van der Waals surface area contributed by atoms with E-state index in [0.29, 0.717) is 0 Å². The molecule has 0 aliphatic heterocycles. The van der Waals surface area contributed by atoms with Gasteiger partial charge in [-0.3, -0.25) is 9.59 Å². The smallest absolute Gasteiger partial charge is 0.333 e. The molecule has 0 saturated heterocycles. The van der Waals surface area contributed by atoms with Gasteiger partial charge in [0.15, 0.2) is 5.78 Å². The molecule has 1 rings (SSSR count). The topological polar surface area (TPSA) is 92.7 Å². The molecule has 1 atom stereocenters. The fourth-order valence-electron chi connectivity index (χ4n) is 1.52. The molecule has 0 spiro atoms. The largest absolute Gasteiger partial charge is 0.870 e. The first-order valence-corrected chi connectivity index (χ1v) is 5.31. The Morgan fingerprint density at radius 2 is 1.88 bits per heavy atom. The van der Waals surface area contributed by atoms with E-state index in [1.165, 1.54) is 0 Å². The van der Waals surface area contributed by atoms with Crippen molar-refractivity contribution >= 4 is 17.7 Å². The van der Waals surface area contributed by atoms with E-state index in [-0.39, 0.29) is 25.2 Å². The second-order valence-corrected chi connectivity index (χ2v) is 3.40. The average Bonchev–Trinajstić information content (AvgIpc) is 2.57. The van der Waals surface area contributed by atoms with Gasteiger partial charge in [-0.15, -0.1) is 0 Å². The van der Waals surface area contributed by atoms with Gasteiger partial charge in [-0.1, -0.05) is 5.76 Å². The molecule has 6 nitrogen and oxygen atoms in total. The van der Waals surface area contributed by atoms with Crippen molar-refractivity contribution in [3.63, 3.8) is 0 Å². The Morgan fingerprint density at radius 1 is 1.29 bits per heavy atom. The molecule has 94 valence electrons. The molecule has 0 bridgehead atoms. The third-order valence-corrected chi connectivity index (χ3v) is 2.32. The molecule has 6 heteroatoms. The van der Waals surface area contributed by atoms with Gasteiger partial charge in [0.2, 0.25) is 0 Å². The lowest BCUT2D eigenvalue weighted by molar-refractivity contribution is -0.298. The zero-order valence-corrected chi connectivity index (χ0v) is 9.65. The van der Waals surface area contributed by atoms with E-state index >= 15 is 0 Å². The van der Waals surface area contributed by atoms with Crippen LogP contribution in [0.15, 0.2) is 11.3 Å². The van der Waals surface area contributed by atoms with Gasteiger partial charge in [-0.25, -0.2) is 4.79 Å². The van der Waals surface area contributed by atoms with Gasteiger partial charge in [-0.2, -0.15) is 0 Å². The number of Topliss-reactive ketones (excluding diaryl/α,β-unsaturated/α-hetero) is 1. The molecule has 0 aromatic carbocycles. The van der Waals surface area contributed by atoms with Crippen molar-refractivity contribution < 1.29 is 29.0 Å². The summed E-state index contributed by atoms with van der Waals surface area (Å²) in [6.45, 7) is 3.40. The molecule has 1 aliphatic carbocycles. The maximum atomic E-state index is 11.5. The van der Waals surface area contributed by atoms with Crippen LogP contribution in [0.5, 0.6) is 0 Å². The highest BCUT2D eigenvalue weighted by atomic mass is 16.5. The van der Waals surface area contributed by atoms with Gasteiger partial charge in [0.05, 0.1) is 13.2 Å². The van der Waals surface area contributed by atoms with E-state index in [1.807, 2.05) is 0 Å². The minimum Gasteiger partial charge on any atom is -0.870 e. The second-order valence-electron chi connectivity index (χ2n) is 3.40. The van der Waals surface area contributed by atoms with Crippen molar-refractivity contribution in [1.29, 1.82) is 0 Å². The van der Waals surface area contributed by atoms with Crippen molar-refractivity contribution in [2.75, 3.05) is 13.2 Å². The summed E-state index contributed by atoms with van der Waals surface area (Å²) >= 11 is 0. The number of esters is 2. The number of hydrogen-bond donors (Lipinski definition) is 0. The lowest BCUT2D eigenvalue weighted by atomic mass is 10.1. The standard InChI is InChI=1S/C11H14O6/c1-3-16-10(14)6-5-7(9(13)8(6)12)11(15)17-4-2/h6,13H,3-5H2,1-2H3/p-1. The van der Waals surface area contributed by atoms with Crippen LogP contribution >= 0.6 is 0 Å². The summed E-state index contributed by atoms with van der Waals surface area (Å²) in [5, 5.41) is 11.4. The zero-order chi connectivity index (χ0) is 13.0. The Balaban J connectivity index is 2.81. The second kappa shape index (κ2) is 5.47. The maximum absolute atomic E-state index is 11.5. The molecular formula is C11H13O6-. The first kappa shape index (κ1) is 13.2. The minimum absolute atomic E-state index is 0.105. The summed E-state index contributed by atoms with van der Waals surface area (Å²) in [6.07, 6.45) is -0.227. The third kappa shape index (κ3) is 2.64. The van der Waals surface area contributed by atoms with Gasteiger partial charge >= 0.3 is 11.9 Å². The van der Waals surface area contributed by atoms with Crippen LogP contribution in [0.25, 0.3) is 0 Å². The maximum Gasteiger partial charge on any atom is 0.333 e. The minimum atomic E-state index is -1.19. The summed E-state index contributed by atoms with van der Waals surface area (Å²) < 4.78 is 9.29. The molecule has 0 fully saturated rings. The summed E-state index contributed by atoms with van der Waals surface area (Å²) in [4.78, 5) is 34.2. The summed E-state index contributed by atoms with van der Waals surface area (Å²) in [5.41, 5.74) is -0.269. The van der Waals surface area contributed by atoms with Crippen molar-refractivity contribution in [1.82, 2.24) is 0 Å². The van der Waals surface area contributed by atoms with E-state index in [1.54, 1.807) is 13.8 Å². The Hall–Kier alpha value is -1.85. The van der Waals surface area contributed by atoms with E-state index in [2.05, 4.69) is 9.47 Å². The third-order valence-electron chi connectivity index (χ3n) is 2.32. The monoisotopic (exact) mass is 241 g/mol. The molecule has 1 aliphatic rings. The molecule has 0 heterocycles. The molecule has 0 aromatic heterocycles. The number of carbonyl (C=O) groups excluding carboxylic acids is 3. The van der Waals surface area contributed by atoms with E-state index in [4.69, 9.17) is 0 Å². The lowest BCUT2D eigenvalue weighted by Crippen LogP contribution is -2.26. The van der Waals surface area contributed by atoms with E-state index in [9.17, 15) is 19.5 Å². The Morgan fingerprint density at radius 3 is 2.41 bits per heavy atom. The first-order chi connectivity index (χ1) is 8.02. The van der Waals surface area contributed by atoms with Crippen LogP contribution in [0.1, 0.15) is 20.3 Å². The summed E-state index contributed by atoms with van der Waals surface area (Å²) in [5.74, 6) is -4.64. The quantitative estimate of drug-likeness (QED) is 0.478. The molecule has 17 heavy (non-hydrogen) atoms. The van der Waals surface area contributed by atoms with Crippen molar-refractivity contribution in [3.05, 3.63) is 11.3 Å². The van der Waals surface area contributed by atoms with Crippen LogP contribution in [0.2, 0.25) is 0 Å². The molecule has 1 unspecified atom stereocenters. The number of ether oxygens (including phenoxy) is 2. The normalized spacial score (nSPS) is 19.4. The molecular weight excluding hydrogens is 228 g/mol. The van der Waals surface area contributed by atoms with Crippen molar-refractivity contribution in [2.45, 2.75) is 20.3 Å². The Kier molecular flexibility index (Phi) is 4.25. The number of carbonyl (C=O) groups is 3. The van der Waals surface area contributed by atoms with Crippen LogP contribution in [-0.4, -0.2) is 30.9 Å². The lowest BCUT2D eigenvalue weighted by Gasteiger charge is -2.09. The van der Waals surface area contributed by atoms with Gasteiger partial charge in [0.25, 0.3) is 0 Å². The van der Waals surface area contributed by atoms with Crippen LogP contribution in [0.4, 0.5) is 0 Å². The van der Waals surface area contributed by atoms with E-state index < -0.39 is 29.4 Å². The highest BCUT2D eigenvalue weighted by molar-refractivity contribution is 6.14. The predicted molar refractivity (Wildman–Crippen MR) is 53.4 cm³/mol. The fraction of sp³-hybridized carbons (Fsp3) is 0.545. The Labute approximate surface area is 98.2 Å². The van der Waals surface area contributed by atoms with Gasteiger partial charge in [0.1, 0.15) is 5.92 Å². The number of rotatable bonds is 4. The SMILES string of the molecule is CCOC(=O)C1=C([O-])C(=O)C(C(=O)OCC)C1. The summed E-state index contributed by atoms with van der Waals surface area (Å²) in [7, 11) is 0. The molecule has 0 N–H and O–H groups in total. The van der Waals surface area contributed by atoms with E-state index in [0.717, 1.165) is 0 Å². The molecule has 0 aromatic rings. The average molecular weight is 241 g/mol. The van der Waals surface area contributed by atoms with Crippen LogP contribution in [0, 0.1) is 5.92 Å². The van der Waals surface area contributed by atoms with Crippen LogP contribution < -0.4 is 5.11 Å². The van der Waals surface area contributed by atoms with Crippen molar-refractivity contribution in [3.8, 4) is 0 Å². The van der Waals surface area contributed by atoms with Gasteiger partial charge in [0, 0.05) is 5.57 Å². The van der Waals surface area contributed by atoms with Crippen LogP contribution in [-0.2, 0) is 23.9 Å². The number of ketones is 1. The predicted octanol–water partition coefficient (Wildman–Crippen LogP) is -0.684. The highest BCUT2D eigenvalue weighted by Gasteiger charge is 2.37. The number of hydrogen-bond acceptors (Lipinski definition) is 6. The first-order valence-electron chi connectivity index (χ1n) is 5.31.